The maximum Gasteiger partial charge on any atom is -0.0174 e. The summed E-state index contributed by atoms with van der Waals surface area (Å²) < 4.78 is 0. The molecule has 0 saturated heterocycles. The van der Waals surface area contributed by atoms with Gasteiger partial charge in [-0.3, -0.25) is 0 Å². The minimum atomic E-state index is 0.870. The number of hydrogen-bond acceptors (Lipinski definition) is 0. The molecule has 0 aliphatic heterocycles. The van der Waals surface area contributed by atoms with Crippen molar-refractivity contribution in [3.8, 4) is 0 Å². The highest BCUT2D eigenvalue weighted by atomic mass is 14.6. The van der Waals surface area contributed by atoms with Crippen LogP contribution in [0.4, 0.5) is 0 Å². The maximum absolute atomic E-state index is 2.50. The Morgan fingerprint density at radius 3 is 2.70 bits per heavy atom. The van der Waals surface area contributed by atoms with Crippen LogP contribution >= 0.6 is 0 Å². The lowest BCUT2D eigenvalue weighted by molar-refractivity contribution is 0.307. The van der Waals surface area contributed by atoms with Gasteiger partial charge in [0.25, 0.3) is 0 Å². The van der Waals surface area contributed by atoms with E-state index in [-0.39, 0.29) is 0 Å². The third kappa shape index (κ3) is 0.457. The lowest BCUT2D eigenvalue weighted by atomic mass is 9.80. The van der Waals surface area contributed by atoms with Crippen molar-refractivity contribution in [3.05, 3.63) is 12.2 Å². The van der Waals surface area contributed by atoms with Crippen molar-refractivity contribution in [3.63, 3.8) is 0 Å². The van der Waals surface area contributed by atoms with Crippen molar-refractivity contribution >= 4 is 0 Å². The van der Waals surface area contributed by atoms with E-state index in [4.69, 9.17) is 0 Å². The molecule has 0 nitrogen and oxygen atoms in total. The Hall–Kier alpha value is -0.260. The summed E-state index contributed by atoms with van der Waals surface area (Å²) in [6.07, 6.45) is 12.4. The lowest BCUT2D eigenvalue weighted by Crippen LogP contribution is -2.17. The first-order valence-electron chi connectivity index (χ1n) is 4.58. The standard InChI is InChI=1S/C10H14/c1-2-8-4-5-9(3-1)10(8)6-7-10/h1-2,8-9H,3-7H2. The Kier molecular flexibility index (Phi) is 0.805. The van der Waals surface area contributed by atoms with Gasteiger partial charge in [0.15, 0.2) is 0 Å². The first-order chi connectivity index (χ1) is 4.92. The first-order valence-corrected chi connectivity index (χ1v) is 4.58. The van der Waals surface area contributed by atoms with E-state index in [1.54, 1.807) is 12.8 Å². The molecule has 2 atom stereocenters. The maximum atomic E-state index is 2.50. The molecule has 54 valence electrons. The van der Waals surface area contributed by atoms with Crippen LogP contribution in [0.5, 0.6) is 0 Å². The van der Waals surface area contributed by atoms with Crippen LogP contribution in [0.2, 0.25) is 0 Å². The van der Waals surface area contributed by atoms with Crippen LogP contribution in [-0.4, -0.2) is 0 Å². The highest BCUT2D eigenvalue weighted by Gasteiger charge is 2.57. The van der Waals surface area contributed by atoms with Gasteiger partial charge in [-0.05, 0) is 49.4 Å². The van der Waals surface area contributed by atoms with Crippen LogP contribution < -0.4 is 0 Å². The summed E-state index contributed by atoms with van der Waals surface area (Å²) in [5, 5.41) is 0. The van der Waals surface area contributed by atoms with Gasteiger partial charge in [-0.1, -0.05) is 12.2 Å². The van der Waals surface area contributed by atoms with Gasteiger partial charge in [-0.2, -0.15) is 0 Å². The number of allylic oxidation sites excluding steroid dienone is 2. The normalized spacial score (nSPS) is 46.4. The van der Waals surface area contributed by atoms with Crippen molar-refractivity contribution in [2.45, 2.75) is 32.1 Å². The zero-order valence-corrected chi connectivity index (χ0v) is 6.34. The van der Waals surface area contributed by atoms with Crippen LogP contribution in [0.25, 0.3) is 0 Å². The Labute approximate surface area is 62.3 Å². The fourth-order valence-electron chi connectivity index (χ4n) is 3.23. The van der Waals surface area contributed by atoms with Crippen molar-refractivity contribution in [2.24, 2.45) is 17.3 Å². The van der Waals surface area contributed by atoms with E-state index in [0.29, 0.717) is 0 Å². The average molecular weight is 134 g/mol. The Morgan fingerprint density at radius 1 is 1.20 bits per heavy atom. The zero-order valence-electron chi connectivity index (χ0n) is 6.34. The molecule has 2 unspecified atom stereocenters. The molecule has 0 amide bonds. The molecule has 0 N–H and O–H groups in total. The molecule has 10 heavy (non-hydrogen) atoms. The van der Waals surface area contributed by atoms with Crippen LogP contribution in [0.1, 0.15) is 32.1 Å². The molecule has 0 aromatic carbocycles. The van der Waals surface area contributed by atoms with Crippen molar-refractivity contribution in [1.29, 1.82) is 0 Å². The highest BCUT2D eigenvalue weighted by molar-refractivity contribution is 5.17. The minimum Gasteiger partial charge on any atom is -0.0879 e. The van der Waals surface area contributed by atoms with Crippen molar-refractivity contribution in [1.82, 2.24) is 0 Å². The van der Waals surface area contributed by atoms with E-state index in [2.05, 4.69) is 12.2 Å². The van der Waals surface area contributed by atoms with E-state index in [1.807, 2.05) is 0 Å². The molecule has 2 fully saturated rings. The molecule has 0 radical (unpaired) electrons. The molecular formula is C10H14. The van der Waals surface area contributed by atoms with Gasteiger partial charge < -0.3 is 0 Å². The van der Waals surface area contributed by atoms with Gasteiger partial charge in [0.1, 0.15) is 0 Å². The van der Waals surface area contributed by atoms with Gasteiger partial charge in [0, 0.05) is 0 Å². The van der Waals surface area contributed by atoms with E-state index in [9.17, 15) is 0 Å². The summed E-state index contributed by atoms with van der Waals surface area (Å²) in [4.78, 5) is 0. The van der Waals surface area contributed by atoms with E-state index in [1.165, 1.54) is 19.3 Å². The third-order valence-electron chi connectivity index (χ3n) is 3.99. The molecule has 2 bridgehead atoms. The summed E-state index contributed by atoms with van der Waals surface area (Å²) in [6, 6.07) is 0. The second-order valence-electron chi connectivity index (χ2n) is 4.28. The zero-order chi connectivity index (χ0) is 6.60. The quantitative estimate of drug-likeness (QED) is 0.447. The predicted molar refractivity (Wildman–Crippen MR) is 41.6 cm³/mol. The second kappa shape index (κ2) is 1.49. The topological polar surface area (TPSA) is 0 Å². The Bertz CT molecular complexity index is 186. The highest BCUT2D eigenvalue weighted by Crippen LogP contribution is 2.67. The third-order valence-corrected chi connectivity index (χ3v) is 3.99. The van der Waals surface area contributed by atoms with E-state index < -0.39 is 0 Å². The Morgan fingerprint density at radius 2 is 2.10 bits per heavy atom. The van der Waals surface area contributed by atoms with Crippen LogP contribution in [0.3, 0.4) is 0 Å². The van der Waals surface area contributed by atoms with Crippen LogP contribution in [0, 0.1) is 17.3 Å². The summed E-state index contributed by atoms with van der Waals surface area (Å²) in [5.41, 5.74) is 0.870. The monoisotopic (exact) mass is 134 g/mol. The summed E-state index contributed by atoms with van der Waals surface area (Å²) in [5.74, 6) is 2.11. The fraction of sp³-hybridized carbons (Fsp3) is 0.800. The van der Waals surface area contributed by atoms with E-state index in [0.717, 1.165) is 17.3 Å². The Balaban J connectivity index is 2.05. The summed E-state index contributed by atoms with van der Waals surface area (Å²) in [7, 11) is 0. The molecule has 0 heteroatoms. The largest absolute Gasteiger partial charge is 0.0879 e. The molecule has 3 aliphatic rings. The van der Waals surface area contributed by atoms with Crippen LogP contribution in [0.15, 0.2) is 12.2 Å². The van der Waals surface area contributed by atoms with Crippen LogP contribution in [-0.2, 0) is 0 Å². The average Bonchev–Trinajstić information content (AvgIpc) is 2.59. The van der Waals surface area contributed by atoms with E-state index >= 15 is 0 Å². The molecule has 2 saturated carbocycles. The number of hydrogen-bond donors (Lipinski definition) is 0. The lowest BCUT2D eigenvalue weighted by Gasteiger charge is -2.25. The van der Waals surface area contributed by atoms with Gasteiger partial charge in [0.2, 0.25) is 0 Å². The molecular weight excluding hydrogens is 120 g/mol. The fourth-order valence-corrected chi connectivity index (χ4v) is 3.23. The SMILES string of the molecule is C1=CC2CCC(C1)C21CC1. The molecule has 0 heterocycles. The number of rotatable bonds is 0. The molecule has 1 spiro atoms. The van der Waals surface area contributed by atoms with Crippen molar-refractivity contribution < 1.29 is 0 Å². The molecule has 0 aromatic rings. The molecule has 0 aromatic heterocycles. The summed E-state index contributed by atoms with van der Waals surface area (Å²) >= 11 is 0. The smallest absolute Gasteiger partial charge is 0.0174 e. The minimum absolute atomic E-state index is 0.870. The predicted octanol–water partition coefficient (Wildman–Crippen LogP) is 2.75. The second-order valence-corrected chi connectivity index (χ2v) is 4.28. The van der Waals surface area contributed by atoms with Crippen molar-refractivity contribution in [2.75, 3.05) is 0 Å². The molecule has 3 aliphatic carbocycles. The molecule has 3 rings (SSSR count). The van der Waals surface area contributed by atoms with Gasteiger partial charge in [-0.15, -0.1) is 0 Å². The van der Waals surface area contributed by atoms with Gasteiger partial charge in [0.05, 0.1) is 0 Å². The summed E-state index contributed by atoms with van der Waals surface area (Å²) in [6.45, 7) is 0. The van der Waals surface area contributed by atoms with Gasteiger partial charge >= 0.3 is 0 Å². The first kappa shape index (κ1) is 5.40. The van der Waals surface area contributed by atoms with Gasteiger partial charge in [-0.25, -0.2) is 0 Å².